The van der Waals surface area contributed by atoms with E-state index in [1.54, 1.807) is 0 Å². The molecule has 0 rings (SSSR count). The van der Waals surface area contributed by atoms with Crippen LogP contribution in [0.2, 0.25) is 0 Å². The highest BCUT2D eigenvalue weighted by molar-refractivity contribution is 7.47. The average molecular weight is 1290 g/mol. The lowest BCUT2D eigenvalue weighted by Gasteiger charge is -2.24. The standard InChI is InChI=1S/C82H130NO8P/c1-6-8-10-12-14-16-18-20-22-24-26-28-30-32-34-36-37-38-39-40-41-42-43-44-45-47-48-50-52-54-56-58-60-62-64-66-68-70-72-74-81(84)88-78-80(79-90-92(86,87)89-77-76-83(3,4)5)91-82(85)75-73-71-69-67-65-63-61-59-57-55-53-51-49-46-35-33-31-29-27-25-23-21-19-17-15-13-11-9-7-2/h8-11,14-17,20-23,26-29,32-35,37-38,40-41,43-44,49,51,55,57,61,63,67,69,80H,6-7,12-13,18-19,24-25,30-31,36,39,42,45-48,50,52-54,56,58-60,62,64-66,68,70-79H2,1-5H3/p+1/b10-8-,11-9-,16-14-,17-15-,22-20-,23-21-,28-26-,29-27-,34-32-,35-33-,38-37-,41-40-,44-43-,51-49-,57-55-,63-61-,69-67-. The Morgan fingerprint density at radius 2 is 0.598 bits per heavy atom. The predicted octanol–water partition coefficient (Wildman–Crippen LogP) is 23.8. The zero-order chi connectivity index (χ0) is 66.9. The Hall–Kier alpha value is -5.41. The molecule has 0 aliphatic heterocycles. The van der Waals surface area contributed by atoms with Crippen LogP contribution in [-0.4, -0.2) is 74.9 Å². The zero-order valence-electron chi connectivity index (χ0n) is 58.7. The third kappa shape index (κ3) is 73.6. The third-order valence-electron chi connectivity index (χ3n) is 14.3. The SMILES string of the molecule is CC/C=C\C/C=C\C/C=C\C/C=C\C/C=C\C/C=C\C/C=C\C/C=C\C/C=C\CCCC(=O)OC(COC(=O)CCCCCCCCCCCCCCCC/C=C\C/C=C\C/C=C\C/C=C\C/C=C\C/C=C\C/C=C\C/C=C\CC)COP(=O)(O)OCC[N+](C)(C)C. The van der Waals surface area contributed by atoms with Crippen LogP contribution >= 0.6 is 7.82 Å². The fourth-order valence-corrected chi connectivity index (χ4v) is 9.66. The quantitative estimate of drug-likeness (QED) is 0.0211. The molecule has 0 bridgehead atoms. The minimum Gasteiger partial charge on any atom is -0.462 e. The van der Waals surface area contributed by atoms with Gasteiger partial charge in [-0.2, -0.15) is 0 Å². The molecule has 0 radical (unpaired) electrons. The van der Waals surface area contributed by atoms with E-state index in [0.717, 1.165) is 135 Å². The summed E-state index contributed by atoms with van der Waals surface area (Å²) in [6, 6.07) is 0. The van der Waals surface area contributed by atoms with Gasteiger partial charge in [0.1, 0.15) is 19.8 Å². The van der Waals surface area contributed by atoms with Crippen molar-refractivity contribution in [3.8, 4) is 0 Å². The number of likely N-dealkylation sites (N-methyl/N-ethyl adjacent to an activating group) is 1. The lowest BCUT2D eigenvalue weighted by atomic mass is 10.0. The Morgan fingerprint density at radius 3 is 0.902 bits per heavy atom. The first-order chi connectivity index (χ1) is 45.0. The number of phosphoric acid groups is 1. The maximum absolute atomic E-state index is 12.9. The van der Waals surface area contributed by atoms with Crippen molar-refractivity contribution in [3.05, 3.63) is 207 Å². The van der Waals surface area contributed by atoms with E-state index in [2.05, 4.69) is 220 Å². The van der Waals surface area contributed by atoms with E-state index in [1.807, 2.05) is 21.1 Å². The number of unbranched alkanes of at least 4 members (excludes halogenated alkanes) is 15. The maximum Gasteiger partial charge on any atom is 0.472 e. The molecule has 0 spiro atoms. The van der Waals surface area contributed by atoms with Gasteiger partial charge in [-0.05, 0) is 141 Å². The number of allylic oxidation sites excluding steroid dienone is 34. The second-order valence-corrected chi connectivity index (χ2v) is 25.6. The normalized spacial score (nSPS) is 14.4. The van der Waals surface area contributed by atoms with Gasteiger partial charge >= 0.3 is 19.8 Å². The number of ether oxygens (including phenoxy) is 2. The fourth-order valence-electron chi connectivity index (χ4n) is 8.92. The number of nitrogens with zero attached hydrogens (tertiary/aromatic N) is 1. The lowest BCUT2D eigenvalue weighted by Crippen LogP contribution is -2.37. The van der Waals surface area contributed by atoms with Crippen LogP contribution in [0.15, 0.2) is 207 Å². The Labute approximate surface area is 564 Å². The molecule has 0 aromatic heterocycles. The molecule has 0 fully saturated rings. The minimum absolute atomic E-state index is 0.00995. The van der Waals surface area contributed by atoms with Crippen molar-refractivity contribution in [1.82, 2.24) is 0 Å². The van der Waals surface area contributed by atoms with E-state index in [4.69, 9.17) is 18.5 Å². The molecule has 0 aliphatic rings. The van der Waals surface area contributed by atoms with Crippen molar-refractivity contribution >= 4 is 19.8 Å². The molecule has 0 heterocycles. The summed E-state index contributed by atoms with van der Waals surface area (Å²) >= 11 is 0. The van der Waals surface area contributed by atoms with Crippen molar-refractivity contribution in [2.75, 3.05) is 47.5 Å². The van der Waals surface area contributed by atoms with Crippen LogP contribution in [0.1, 0.15) is 245 Å². The molecule has 92 heavy (non-hydrogen) atoms. The van der Waals surface area contributed by atoms with E-state index < -0.39 is 32.5 Å². The number of rotatable bonds is 63. The number of carbonyl (C=O) groups excluding carboxylic acids is 2. The minimum atomic E-state index is -4.42. The predicted molar refractivity (Wildman–Crippen MR) is 398 cm³/mol. The van der Waals surface area contributed by atoms with Gasteiger partial charge in [0, 0.05) is 12.8 Å². The van der Waals surface area contributed by atoms with Crippen molar-refractivity contribution in [1.29, 1.82) is 0 Å². The molecule has 0 aromatic rings. The summed E-state index contributed by atoms with van der Waals surface area (Å²) in [5, 5.41) is 0. The summed E-state index contributed by atoms with van der Waals surface area (Å²) in [6.07, 6.45) is 111. The molecule has 516 valence electrons. The summed E-state index contributed by atoms with van der Waals surface area (Å²) in [7, 11) is 1.41. The monoisotopic (exact) mass is 1290 g/mol. The van der Waals surface area contributed by atoms with E-state index in [9.17, 15) is 19.0 Å². The van der Waals surface area contributed by atoms with Crippen molar-refractivity contribution in [2.45, 2.75) is 251 Å². The Bertz CT molecular complexity index is 2310. The van der Waals surface area contributed by atoms with Crippen LogP contribution < -0.4 is 0 Å². The molecule has 2 unspecified atom stereocenters. The van der Waals surface area contributed by atoms with Gasteiger partial charge in [0.05, 0.1) is 27.7 Å². The van der Waals surface area contributed by atoms with Gasteiger partial charge in [0.2, 0.25) is 0 Å². The molecule has 0 aromatic carbocycles. The van der Waals surface area contributed by atoms with Crippen LogP contribution in [0.3, 0.4) is 0 Å². The van der Waals surface area contributed by atoms with Gasteiger partial charge < -0.3 is 18.9 Å². The third-order valence-corrected chi connectivity index (χ3v) is 15.3. The smallest absolute Gasteiger partial charge is 0.462 e. The van der Waals surface area contributed by atoms with Gasteiger partial charge in [-0.1, -0.05) is 297 Å². The molecule has 0 saturated carbocycles. The van der Waals surface area contributed by atoms with Crippen molar-refractivity contribution < 1.29 is 42.1 Å². The van der Waals surface area contributed by atoms with Crippen LogP contribution in [-0.2, 0) is 32.7 Å². The Kier molecular flexibility index (Phi) is 65.8. The highest BCUT2D eigenvalue weighted by Gasteiger charge is 2.27. The molecule has 1 N–H and O–H groups in total. The van der Waals surface area contributed by atoms with Gasteiger partial charge in [-0.15, -0.1) is 0 Å². The van der Waals surface area contributed by atoms with E-state index in [0.29, 0.717) is 23.9 Å². The summed E-state index contributed by atoms with van der Waals surface area (Å²) in [5.74, 6) is -0.881. The summed E-state index contributed by atoms with van der Waals surface area (Å²) in [4.78, 5) is 35.9. The first-order valence-corrected chi connectivity index (χ1v) is 37.3. The Morgan fingerprint density at radius 1 is 0.337 bits per heavy atom. The van der Waals surface area contributed by atoms with Gasteiger partial charge in [-0.25, -0.2) is 4.57 Å². The van der Waals surface area contributed by atoms with E-state index >= 15 is 0 Å². The van der Waals surface area contributed by atoms with Crippen LogP contribution in [0, 0.1) is 0 Å². The lowest BCUT2D eigenvalue weighted by molar-refractivity contribution is -0.870. The van der Waals surface area contributed by atoms with Gasteiger partial charge in [0.15, 0.2) is 6.10 Å². The average Bonchev–Trinajstić information content (AvgIpc) is 2.14. The summed E-state index contributed by atoms with van der Waals surface area (Å²) in [6.45, 7) is 4.12. The second kappa shape index (κ2) is 69.9. The first kappa shape index (κ1) is 86.6. The molecule has 0 saturated heterocycles. The largest absolute Gasteiger partial charge is 0.472 e. The number of carbonyl (C=O) groups is 2. The molecule has 2 atom stereocenters. The van der Waals surface area contributed by atoms with E-state index in [1.165, 1.54) is 70.6 Å². The molecule has 0 aliphatic carbocycles. The number of phosphoric ester groups is 1. The Balaban J connectivity index is 4.17. The molecule has 9 nitrogen and oxygen atoms in total. The molecular weight excluding hydrogens is 1160 g/mol. The highest BCUT2D eigenvalue weighted by Crippen LogP contribution is 2.43. The molecule has 0 amide bonds. The van der Waals surface area contributed by atoms with Crippen molar-refractivity contribution in [2.24, 2.45) is 0 Å². The van der Waals surface area contributed by atoms with Crippen molar-refractivity contribution in [3.63, 3.8) is 0 Å². The number of hydrogen-bond acceptors (Lipinski definition) is 7. The summed E-state index contributed by atoms with van der Waals surface area (Å²) < 4.78 is 34.6. The zero-order valence-corrected chi connectivity index (χ0v) is 59.6. The van der Waals surface area contributed by atoms with Crippen LogP contribution in [0.4, 0.5) is 0 Å². The number of quaternary nitrogens is 1. The van der Waals surface area contributed by atoms with Gasteiger partial charge in [0.25, 0.3) is 0 Å². The first-order valence-electron chi connectivity index (χ1n) is 35.8. The fraction of sp³-hybridized carbons (Fsp3) is 0.561. The molecule has 10 heteroatoms. The number of hydrogen-bond donors (Lipinski definition) is 1. The number of esters is 2. The van der Waals surface area contributed by atoms with Crippen LogP contribution in [0.25, 0.3) is 0 Å². The molecular formula is C82H131NO8P+. The second-order valence-electron chi connectivity index (χ2n) is 24.2. The maximum atomic E-state index is 12.9. The van der Waals surface area contributed by atoms with E-state index in [-0.39, 0.29) is 26.1 Å². The van der Waals surface area contributed by atoms with Crippen LogP contribution in [0.5, 0.6) is 0 Å². The summed E-state index contributed by atoms with van der Waals surface area (Å²) in [5.41, 5.74) is 0. The topological polar surface area (TPSA) is 108 Å². The van der Waals surface area contributed by atoms with Gasteiger partial charge in [-0.3, -0.25) is 18.6 Å². The highest BCUT2D eigenvalue weighted by atomic mass is 31.2.